The van der Waals surface area contributed by atoms with Gasteiger partial charge in [-0.1, -0.05) is 29.3 Å². The van der Waals surface area contributed by atoms with E-state index in [0.717, 1.165) is 31.6 Å². The summed E-state index contributed by atoms with van der Waals surface area (Å²) in [6.07, 6.45) is 0.750. The average Bonchev–Trinajstić information content (AvgIpc) is 3.13. The summed E-state index contributed by atoms with van der Waals surface area (Å²) in [5.74, 6) is 0.342. The largest absolute Gasteiger partial charge is 0.494 e. The predicted molar refractivity (Wildman–Crippen MR) is 135 cm³/mol. The normalized spacial score (nSPS) is 18.3. The summed E-state index contributed by atoms with van der Waals surface area (Å²) in [5.41, 5.74) is 1.15. The molecule has 3 aromatic rings. The van der Waals surface area contributed by atoms with Crippen LogP contribution in [0.5, 0.6) is 5.75 Å². The van der Waals surface area contributed by atoms with Gasteiger partial charge in [0.15, 0.2) is 5.43 Å². The summed E-state index contributed by atoms with van der Waals surface area (Å²) in [6, 6.07) is 9.67. The van der Waals surface area contributed by atoms with Gasteiger partial charge in [0.2, 0.25) is 5.76 Å². The topological polar surface area (TPSA) is 72.2 Å². The van der Waals surface area contributed by atoms with Crippen molar-refractivity contribution in [3.63, 3.8) is 0 Å². The van der Waals surface area contributed by atoms with Crippen LogP contribution in [0.15, 0.2) is 45.6 Å². The Labute approximate surface area is 213 Å². The first-order chi connectivity index (χ1) is 17.0. The second kappa shape index (κ2) is 10.2. The molecule has 1 unspecified atom stereocenters. The molecule has 1 atom stereocenters. The van der Waals surface area contributed by atoms with Crippen molar-refractivity contribution < 1.29 is 18.7 Å². The summed E-state index contributed by atoms with van der Waals surface area (Å²) in [7, 11) is 0. The van der Waals surface area contributed by atoms with Gasteiger partial charge in [0.1, 0.15) is 11.3 Å². The van der Waals surface area contributed by atoms with Crippen LogP contribution in [0.1, 0.15) is 41.1 Å². The molecule has 2 aliphatic rings. The first kappa shape index (κ1) is 24.1. The molecule has 0 radical (unpaired) electrons. The molecular formula is C26H26Cl2N2O5. The molecule has 0 spiro atoms. The molecule has 0 aliphatic carbocycles. The van der Waals surface area contributed by atoms with E-state index in [-0.39, 0.29) is 17.1 Å². The van der Waals surface area contributed by atoms with Gasteiger partial charge in [-0.05, 0) is 43.2 Å². The van der Waals surface area contributed by atoms with Crippen LogP contribution in [0.25, 0.3) is 11.0 Å². The number of morpholine rings is 1. The molecular weight excluding hydrogens is 491 g/mol. The lowest BCUT2D eigenvalue weighted by Gasteiger charge is -2.29. The van der Waals surface area contributed by atoms with Gasteiger partial charge in [-0.3, -0.25) is 14.5 Å². The lowest BCUT2D eigenvalue weighted by atomic mass is 9.98. The number of rotatable bonds is 7. The van der Waals surface area contributed by atoms with E-state index in [1.165, 1.54) is 0 Å². The molecule has 0 bridgehead atoms. The van der Waals surface area contributed by atoms with Gasteiger partial charge in [0.25, 0.3) is 5.91 Å². The van der Waals surface area contributed by atoms with Crippen LogP contribution in [-0.2, 0) is 4.74 Å². The molecule has 7 nitrogen and oxygen atoms in total. The SMILES string of the molecule is CCOc1ccc2c(=O)c3c(oc2c1)C(=O)N(CCCN1CCOCC1)C3c1ccc(Cl)c(Cl)c1. The van der Waals surface area contributed by atoms with Crippen LogP contribution >= 0.6 is 23.2 Å². The molecule has 3 heterocycles. The highest BCUT2D eigenvalue weighted by Gasteiger charge is 2.42. The van der Waals surface area contributed by atoms with Gasteiger partial charge in [0, 0.05) is 32.2 Å². The van der Waals surface area contributed by atoms with E-state index in [2.05, 4.69) is 4.90 Å². The third-order valence-corrected chi connectivity index (χ3v) is 7.23. The van der Waals surface area contributed by atoms with E-state index in [9.17, 15) is 9.59 Å². The van der Waals surface area contributed by atoms with Gasteiger partial charge in [0.05, 0.1) is 46.9 Å². The third-order valence-electron chi connectivity index (χ3n) is 6.49. The maximum Gasteiger partial charge on any atom is 0.290 e. The van der Waals surface area contributed by atoms with Gasteiger partial charge in [-0.2, -0.15) is 0 Å². The number of amides is 1. The number of nitrogens with zero attached hydrogens (tertiary/aromatic N) is 2. The van der Waals surface area contributed by atoms with Crippen molar-refractivity contribution in [2.75, 3.05) is 46.0 Å². The first-order valence-corrected chi connectivity index (χ1v) is 12.5. The van der Waals surface area contributed by atoms with Crippen LogP contribution in [0, 0.1) is 0 Å². The van der Waals surface area contributed by atoms with Gasteiger partial charge in [-0.15, -0.1) is 0 Å². The number of carbonyl (C=O) groups is 1. The summed E-state index contributed by atoms with van der Waals surface area (Å²) >= 11 is 12.5. The minimum absolute atomic E-state index is 0.0681. The van der Waals surface area contributed by atoms with E-state index in [1.54, 1.807) is 41.3 Å². The third kappa shape index (κ3) is 4.66. The Balaban J connectivity index is 1.55. The van der Waals surface area contributed by atoms with Gasteiger partial charge >= 0.3 is 0 Å². The lowest BCUT2D eigenvalue weighted by molar-refractivity contribution is 0.0353. The minimum atomic E-state index is -0.607. The van der Waals surface area contributed by atoms with E-state index >= 15 is 0 Å². The molecule has 2 aliphatic heterocycles. The molecule has 5 rings (SSSR count). The van der Waals surface area contributed by atoms with E-state index in [4.69, 9.17) is 37.1 Å². The van der Waals surface area contributed by atoms with Crippen molar-refractivity contribution in [3.8, 4) is 5.75 Å². The number of hydrogen-bond donors (Lipinski definition) is 0. The Kier molecular flexibility index (Phi) is 7.02. The molecule has 0 saturated carbocycles. The Morgan fingerprint density at radius 2 is 1.83 bits per heavy atom. The fourth-order valence-electron chi connectivity index (χ4n) is 4.80. The molecule has 0 N–H and O–H groups in total. The molecule has 1 amide bonds. The number of fused-ring (bicyclic) bond motifs is 2. The highest BCUT2D eigenvalue weighted by Crippen LogP contribution is 2.40. The van der Waals surface area contributed by atoms with Crippen molar-refractivity contribution in [1.29, 1.82) is 0 Å². The fraction of sp³-hybridized carbons (Fsp3) is 0.385. The van der Waals surface area contributed by atoms with Crippen molar-refractivity contribution in [1.82, 2.24) is 9.80 Å². The van der Waals surface area contributed by atoms with E-state index in [0.29, 0.717) is 58.7 Å². The minimum Gasteiger partial charge on any atom is -0.494 e. The fourth-order valence-corrected chi connectivity index (χ4v) is 5.11. The number of carbonyl (C=O) groups excluding carboxylic acids is 1. The quantitative estimate of drug-likeness (QED) is 0.450. The van der Waals surface area contributed by atoms with E-state index in [1.807, 2.05) is 6.92 Å². The second-order valence-corrected chi connectivity index (χ2v) is 9.46. The van der Waals surface area contributed by atoms with Gasteiger partial charge in [-0.25, -0.2) is 0 Å². The van der Waals surface area contributed by atoms with Crippen LogP contribution in [0.3, 0.4) is 0 Å². The molecule has 9 heteroatoms. The highest BCUT2D eigenvalue weighted by atomic mass is 35.5. The monoisotopic (exact) mass is 516 g/mol. The standard InChI is InChI=1S/C26H26Cl2N2O5/c1-2-34-17-5-6-18-21(15-17)35-25-22(24(18)31)23(16-4-7-19(27)20(28)14-16)30(26(25)32)9-3-8-29-10-12-33-13-11-29/h4-7,14-15,23H,2-3,8-13H2,1H3. The van der Waals surface area contributed by atoms with Crippen molar-refractivity contribution >= 4 is 40.1 Å². The summed E-state index contributed by atoms with van der Waals surface area (Å²) in [6.45, 7) is 6.84. The van der Waals surface area contributed by atoms with Crippen LogP contribution < -0.4 is 10.2 Å². The second-order valence-electron chi connectivity index (χ2n) is 8.65. The maximum absolute atomic E-state index is 13.7. The molecule has 184 valence electrons. The smallest absolute Gasteiger partial charge is 0.290 e. The van der Waals surface area contributed by atoms with Crippen LogP contribution in [0.2, 0.25) is 10.0 Å². The number of benzene rings is 2. The predicted octanol–water partition coefficient (Wildman–Crippen LogP) is 4.77. The summed E-state index contributed by atoms with van der Waals surface area (Å²) < 4.78 is 17.0. The lowest BCUT2D eigenvalue weighted by Crippen LogP contribution is -2.38. The van der Waals surface area contributed by atoms with Crippen LogP contribution in [-0.4, -0.2) is 61.7 Å². The zero-order valence-corrected chi connectivity index (χ0v) is 20.9. The highest BCUT2D eigenvalue weighted by molar-refractivity contribution is 6.42. The molecule has 1 saturated heterocycles. The van der Waals surface area contributed by atoms with E-state index < -0.39 is 6.04 Å². The zero-order chi connectivity index (χ0) is 24.5. The number of hydrogen-bond acceptors (Lipinski definition) is 6. The summed E-state index contributed by atoms with van der Waals surface area (Å²) in [5, 5.41) is 1.18. The number of halogens is 2. The Bertz CT molecular complexity index is 1320. The molecule has 35 heavy (non-hydrogen) atoms. The Morgan fingerprint density at radius 1 is 1.03 bits per heavy atom. The molecule has 2 aromatic carbocycles. The Hall–Kier alpha value is -2.58. The maximum atomic E-state index is 13.7. The Morgan fingerprint density at radius 3 is 2.57 bits per heavy atom. The van der Waals surface area contributed by atoms with Gasteiger partial charge < -0.3 is 18.8 Å². The molecule has 1 aromatic heterocycles. The van der Waals surface area contributed by atoms with Crippen molar-refractivity contribution in [2.45, 2.75) is 19.4 Å². The number of ether oxygens (including phenoxy) is 2. The molecule has 1 fully saturated rings. The first-order valence-electron chi connectivity index (χ1n) is 11.8. The van der Waals surface area contributed by atoms with Crippen molar-refractivity contribution in [2.24, 2.45) is 0 Å². The summed E-state index contributed by atoms with van der Waals surface area (Å²) in [4.78, 5) is 31.3. The average molecular weight is 517 g/mol. The zero-order valence-electron chi connectivity index (χ0n) is 19.4. The van der Waals surface area contributed by atoms with Crippen LogP contribution in [0.4, 0.5) is 0 Å². The van der Waals surface area contributed by atoms with Crippen molar-refractivity contribution in [3.05, 3.63) is 73.6 Å².